The van der Waals surface area contributed by atoms with E-state index in [0.717, 1.165) is 22.5 Å². The molecule has 2 aromatic carbocycles. The van der Waals surface area contributed by atoms with Crippen molar-refractivity contribution in [3.63, 3.8) is 0 Å². The molecule has 28 heavy (non-hydrogen) atoms. The summed E-state index contributed by atoms with van der Waals surface area (Å²) in [6.07, 6.45) is 5.30. The molecule has 0 spiro atoms. The van der Waals surface area contributed by atoms with Crippen LogP contribution in [0.3, 0.4) is 0 Å². The summed E-state index contributed by atoms with van der Waals surface area (Å²) in [6.45, 7) is 2.55. The largest absolute Gasteiger partial charge is 0.348 e. The molecule has 2 heterocycles. The Bertz CT molecular complexity index is 1070. The number of carbonyl (C=O) groups is 1. The summed E-state index contributed by atoms with van der Waals surface area (Å²) in [4.78, 5) is 16.7. The molecule has 1 amide bonds. The van der Waals surface area contributed by atoms with Crippen LogP contribution >= 0.6 is 0 Å². The Labute approximate surface area is 163 Å². The van der Waals surface area contributed by atoms with E-state index in [2.05, 4.69) is 34.5 Å². The fourth-order valence-corrected chi connectivity index (χ4v) is 2.87. The van der Waals surface area contributed by atoms with Crippen LogP contribution in [0.4, 0.5) is 0 Å². The van der Waals surface area contributed by atoms with E-state index >= 15 is 0 Å². The monoisotopic (exact) mass is 368 g/mol. The molecule has 0 radical (unpaired) electrons. The van der Waals surface area contributed by atoms with Gasteiger partial charge in [-0.15, -0.1) is 0 Å². The summed E-state index contributed by atoms with van der Waals surface area (Å²) in [5, 5.41) is 7.32. The number of nitrogens with one attached hydrogen (secondary N) is 1. The highest BCUT2D eigenvalue weighted by Crippen LogP contribution is 2.18. The van der Waals surface area contributed by atoms with Crippen molar-refractivity contribution in [1.29, 1.82) is 0 Å². The minimum atomic E-state index is -0.141. The standard InChI is InChI=1S/C23H20N4O/c1-17-7-10-21(11-8-17)27-16-20(15-26-27)22-12-9-19(14-24-22)23(28)25-13-18-5-3-2-4-6-18/h2-12,14-16H,13H2,1H3,(H,25,28). The summed E-state index contributed by atoms with van der Waals surface area (Å²) in [6, 6.07) is 21.6. The van der Waals surface area contributed by atoms with Gasteiger partial charge < -0.3 is 5.32 Å². The van der Waals surface area contributed by atoms with Crippen LogP contribution in [0, 0.1) is 6.92 Å². The number of rotatable bonds is 5. The number of carbonyl (C=O) groups excluding carboxylic acids is 1. The molecule has 0 bridgehead atoms. The fraction of sp³-hybridized carbons (Fsp3) is 0.0870. The zero-order valence-electron chi connectivity index (χ0n) is 15.5. The average molecular weight is 368 g/mol. The Balaban J connectivity index is 1.44. The van der Waals surface area contributed by atoms with Crippen molar-refractivity contribution in [1.82, 2.24) is 20.1 Å². The number of benzene rings is 2. The van der Waals surface area contributed by atoms with Gasteiger partial charge in [0.1, 0.15) is 0 Å². The minimum absolute atomic E-state index is 0.141. The third-order valence-corrected chi connectivity index (χ3v) is 4.50. The molecule has 1 N–H and O–H groups in total. The van der Waals surface area contributed by atoms with Crippen molar-refractivity contribution in [2.45, 2.75) is 13.5 Å². The van der Waals surface area contributed by atoms with E-state index in [1.165, 1.54) is 5.56 Å². The lowest BCUT2D eigenvalue weighted by atomic mass is 10.2. The molecule has 0 saturated heterocycles. The normalized spacial score (nSPS) is 10.6. The van der Waals surface area contributed by atoms with Crippen LogP contribution < -0.4 is 5.32 Å². The molecule has 4 aromatic rings. The van der Waals surface area contributed by atoms with Crippen molar-refractivity contribution < 1.29 is 4.79 Å². The first-order chi connectivity index (χ1) is 13.7. The Hall–Kier alpha value is -3.73. The Morgan fingerprint density at radius 3 is 2.46 bits per heavy atom. The molecule has 0 aliphatic carbocycles. The van der Waals surface area contributed by atoms with E-state index < -0.39 is 0 Å². The van der Waals surface area contributed by atoms with Gasteiger partial charge >= 0.3 is 0 Å². The number of hydrogen-bond acceptors (Lipinski definition) is 3. The fourth-order valence-electron chi connectivity index (χ4n) is 2.87. The van der Waals surface area contributed by atoms with E-state index in [-0.39, 0.29) is 5.91 Å². The molecular weight excluding hydrogens is 348 g/mol. The van der Waals surface area contributed by atoms with Crippen LogP contribution in [0.2, 0.25) is 0 Å². The molecule has 0 saturated carbocycles. The van der Waals surface area contributed by atoms with E-state index in [1.807, 2.05) is 59.4 Å². The van der Waals surface area contributed by atoms with E-state index in [1.54, 1.807) is 18.5 Å². The zero-order chi connectivity index (χ0) is 19.3. The molecule has 0 atom stereocenters. The number of aromatic nitrogens is 3. The third kappa shape index (κ3) is 3.99. The topological polar surface area (TPSA) is 59.8 Å². The highest BCUT2D eigenvalue weighted by Gasteiger charge is 2.09. The lowest BCUT2D eigenvalue weighted by Crippen LogP contribution is -2.22. The highest BCUT2D eigenvalue weighted by molar-refractivity contribution is 5.94. The molecule has 5 heteroatoms. The van der Waals surface area contributed by atoms with Gasteiger partial charge in [-0.3, -0.25) is 9.78 Å². The Morgan fingerprint density at radius 2 is 1.75 bits per heavy atom. The maximum atomic E-state index is 12.3. The highest BCUT2D eigenvalue weighted by atomic mass is 16.1. The molecule has 0 unspecified atom stereocenters. The van der Waals surface area contributed by atoms with Gasteiger partial charge in [0.05, 0.1) is 23.1 Å². The van der Waals surface area contributed by atoms with Gasteiger partial charge in [0.15, 0.2) is 0 Å². The summed E-state index contributed by atoms with van der Waals surface area (Å²) in [5.74, 6) is -0.141. The number of aryl methyl sites for hydroxylation is 1. The van der Waals surface area contributed by atoms with Crippen molar-refractivity contribution >= 4 is 5.91 Å². The maximum Gasteiger partial charge on any atom is 0.253 e. The zero-order valence-corrected chi connectivity index (χ0v) is 15.5. The quantitative estimate of drug-likeness (QED) is 0.575. The summed E-state index contributed by atoms with van der Waals surface area (Å²) in [7, 11) is 0. The second-order valence-electron chi connectivity index (χ2n) is 6.61. The smallest absolute Gasteiger partial charge is 0.253 e. The van der Waals surface area contributed by atoms with Crippen molar-refractivity contribution in [3.05, 3.63) is 102 Å². The molecule has 5 nitrogen and oxygen atoms in total. The van der Waals surface area contributed by atoms with Gasteiger partial charge in [0.2, 0.25) is 0 Å². The SMILES string of the molecule is Cc1ccc(-n2cc(-c3ccc(C(=O)NCc4ccccc4)cn3)cn2)cc1. The van der Waals surface area contributed by atoms with Crippen LogP contribution in [0.15, 0.2) is 85.3 Å². The van der Waals surface area contributed by atoms with Crippen molar-refractivity contribution in [2.24, 2.45) is 0 Å². The van der Waals surface area contributed by atoms with Crippen molar-refractivity contribution in [3.8, 4) is 16.9 Å². The van der Waals surface area contributed by atoms with Gasteiger partial charge in [-0.1, -0.05) is 48.0 Å². The predicted molar refractivity (Wildman–Crippen MR) is 109 cm³/mol. The first-order valence-corrected chi connectivity index (χ1v) is 9.09. The summed E-state index contributed by atoms with van der Waals surface area (Å²) >= 11 is 0. The number of nitrogens with zero attached hydrogens (tertiary/aromatic N) is 3. The molecule has 138 valence electrons. The first kappa shape index (κ1) is 17.7. The number of hydrogen-bond donors (Lipinski definition) is 1. The molecule has 2 aromatic heterocycles. The molecule has 0 fully saturated rings. The van der Waals surface area contributed by atoms with E-state index in [4.69, 9.17) is 0 Å². The van der Waals surface area contributed by atoms with Gasteiger partial charge in [-0.2, -0.15) is 5.10 Å². The Kier molecular flexibility index (Phi) is 4.97. The minimum Gasteiger partial charge on any atom is -0.348 e. The van der Waals surface area contributed by atoms with Gasteiger partial charge in [-0.25, -0.2) is 4.68 Å². The Morgan fingerprint density at radius 1 is 0.964 bits per heavy atom. The second-order valence-corrected chi connectivity index (χ2v) is 6.61. The molecule has 4 rings (SSSR count). The number of pyridine rings is 1. The lowest BCUT2D eigenvalue weighted by molar-refractivity contribution is 0.0950. The van der Waals surface area contributed by atoms with Gasteiger partial charge in [-0.05, 0) is 36.8 Å². The molecular formula is C23H20N4O. The van der Waals surface area contributed by atoms with Crippen LogP contribution in [0.5, 0.6) is 0 Å². The van der Waals surface area contributed by atoms with Gasteiger partial charge in [0, 0.05) is 24.5 Å². The average Bonchev–Trinajstić information content (AvgIpc) is 3.24. The van der Waals surface area contributed by atoms with Gasteiger partial charge in [0.25, 0.3) is 5.91 Å². The van der Waals surface area contributed by atoms with Crippen LogP contribution in [-0.4, -0.2) is 20.7 Å². The predicted octanol–water partition coefficient (Wildman–Crippen LogP) is 4.17. The summed E-state index contributed by atoms with van der Waals surface area (Å²) < 4.78 is 1.82. The second kappa shape index (κ2) is 7.88. The molecule has 0 aliphatic heterocycles. The van der Waals surface area contributed by atoms with Crippen molar-refractivity contribution in [2.75, 3.05) is 0 Å². The third-order valence-electron chi connectivity index (χ3n) is 4.50. The summed E-state index contributed by atoms with van der Waals surface area (Å²) in [5.41, 5.74) is 5.47. The maximum absolute atomic E-state index is 12.3. The van der Waals surface area contributed by atoms with Crippen LogP contribution in [0.1, 0.15) is 21.5 Å². The van der Waals surface area contributed by atoms with Crippen LogP contribution in [0.25, 0.3) is 16.9 Å². The van der Waals surface area contributed by atoms with E-state index in [9.17, 15) is 4.79 Å². The molecule has 0 aliphatic rings. The van der Waals surface area contributed by atoms with E-state index in [0.29, 0.717) is 12.1 Å². The van der Waals surface area contributed by atoms with Crippen LogP contribution in [-0.2, 0) is 6.54 Å². The number of amides is 1. The first-order valence-electron chi connectivity index (χ1n) is 9.09. The lowest BCUT2D eigenvalue weighted by Gasteiger charge is -2.05.